The summed E-state index contributed by atoms with van der Waals surface area (Å²) in [4.78, 5) is 42.3. The molecular formula is C44H48N4O8. The number of phenols is 1. The second-order valence-electron chi connectivity index (χ2n) is 14.6. The van der Waals surface area contributed by atoms with Crippen LogP contribution in [0.15, 0.2) is 102 Å². The smallest absolute Gasteiger partial charge is 0.408 e. The van der Waals surface area contributed by atoms with E-state index in [1.807, 2.05) is 60.7 Å². The lowest BCUT2D eigenvalue weighted by Crippen LogP contribution is -2.52. The Bertz CT molecular complexity index is 2200. The zero-order chi connectivity index (χ0) is 39.0. The van der Waals surface area contributed by atoms with Gasteiger partial charge in [-0.05, 0) is 116 Å². The summed E-state index contributed by atoms with van der Waals surface area (Å²) in [6, 6.07) is 28.1. The fourth-order valence-electron chi connectivity index (χ4n) is 8.00. The van der Waals surface area contributed by atoms with Crippen molar-refractivity contribution in [3.05, 3.63) is 141 Å². The maximum atomic E-state index is 13.3. The molecule has 3 aliphatic heterocycles. The molecule has 4 heterocycles. The topological polar surface area (TPSA) is 173 Å². The van der Waals surface area contributed by atoms with Gasteiger partial charge < -0.3 is 40.4 Å². The summed E-state index contributed by atoms with van der Waals surface area (Å²) < 4.78 is 12.3. The highest BCUT2D eigenvalue weighted by Crippen LogP contribution is 2.32. The minimum Gasteiger partial charge on any atom is -0.506 e. The van der Waals surface area contributed by atoms with Crippen molar-refractivity contribution in [2.75, 3.05) is 32.7 Å². The van der Waals surface area contributed by atoms with Crippen LogP contribution in [0.5, 0.6) is 11.5 Å². The minimum absolute atomic E-state index is 0.0657. The predicted molar refractivity (Wildman–Crippen MR) is 212 cm³/mol. The Morgan fingerprint density at radius 3 is 2.46 bits per heavy atom. The van der Waals surface area contributed by atoms with Crippen molar-refractivity contribution >= 4 is 23.0 Å². The first-order chi connectivity index (χ1) is 27.2. The lowest BCUT2D eigenvalue weighted by atomic mass is 9.86. The molecule has 0 spiro atoms. The van der Waals surface area contributed by atoms with E-state index >= 15 is 0 Å². The van der Waals surface area contributed by atoms with Crippen LogP contribution in [-0.4, -0.2) is 76.1 Å². The van der Waals surface area contributed by atoms with E-state index in [0.717, 1.165) is 55.6 Å². The summed E-state index contributed by atoms with van der Waals surface area (Å²) in [5, 5.41) is 38.0. The summed E-state index contributed by atoms with van der Waals surface area (Å²) in [7, 11) is 0. The second kappa shape index (κ2) is 17.8. The van der Waals surface area contributed by atoms with Gasteiger partial charge in [-0.15, -0.1) is 0 Å². The summed E-state index contributed by atoms with van der Waals surface area (Å²) in [5.41, 5.74) is 3.97. The molecule has 56 heavy (non-hydrogen) atoms. The first kappa shape index (κ1) is 38.6. The number of aromatic hydroxyl groups is 1. The largest absolute Gasteiger partial charge is 0.506 e. The first-order valence-electron chi connectivity index (χ1n) is 19.3. The number of piperidine rings is 3. The molecule has 8 rings (SSSR count). The number of rotatable bonds is 16. The highest BCUT2D eigenvalue weighted by Gasteiger charge is 2.37. The molecule has 12 nitrogen and oxygen atoms in total. The first-order valence-corrected chi connectivity index (χ1v) is 19.3. The molecule has 12 heteroatoms. The maximum Gasteiger partial charge on any atom is 0.408 e. The third-order valence-corrected chi connectivity index (χ3v) is 11.0. The molecule has 1 unspecified atom stereocenters. The summed E-state index contributed by atoms with van der Waals surface area (Å²) in [5.74, 6) is -0.0935. The van der Waals surface area contributed by atoms with Crippen molar-refractivity contribution in [1.29, 1.82) is 0 Å². The molecule has 2 bridgehead atoms. The van der Waals surface area contributed by atoms with Gasteiger partial charge in [0, 0.05) is 24.5 Å². The number of hydrogen-bond acceptors (Lipinski definition) is 9. The van der Waals surface area contributed by atoms with Crippen LogP contribution in [0.1, 0.15) is 76.0 Å². The molecule has 1 aromatic heterocycles. The van der Waals surface area contributed by atoms with Gasteiger partial charge in [0.1, 0.15) is 24.2 Å². The Morgan fingerprint density at radius 1 is 0.911 bits per heavy atom. The van der Waals surface area contributed by atoms with Gasteiger partial charge in [-0.25, -0.2) is 9.59 Å². The number of hydrogen-bond donors (Lipinski definition) is 6. The normalized spacial score (nSPS) is 18.6. The molecule has 3 saturated heterocycles. The Labute approximate surface area is 325 Å². The number of alkyl carbamates (subject to hydrolysis) is 1. The number of benzene rings is 4. The summed E-state index contributed by atoms with van der Waals surface area (Å²) in [6.45, 7) is 3.89. The van der Waals surface area contributed by atoms with Crippen LogP contribution in [0, 0.1) is 5.92 Å². The van der Waals surface area contributed by atoms with Crippen LogP contribution >= 0.6 is 0 Å². The zero-order valence-corrected chi connectivity index (χ0v) is 31.2. The number of nitrogens with zero attached hydrogens (tertiary/aromatic N) is 1. The molecule has 3 atom stereocenters. The number of aliphatic hydroxyl groups excluding tert-OH is 1. The molecule has 3 aliphatic rings. The lowest BCUT2D eigenvalue weighted by Gasteiger charge is -2.43. The number of ether oxygens (including phenoxy) is 2. The van der Waals surface area contributed by atoms with Gasteiger partial charge in [-0.3, -0.25) is 9.69 Å². The van der Waals surface area contributed by atoms with Gasteiger partial charge in [0.25, 0.3) is 0 Å². The quantitative estimate of drug-likeness (QED) is 0.0649. The predicted octanol–water partition coefficient (Wildman–Crippen LogP) is 6.07. The molecule has 292 valence electrons. The number of carboxylic acid groups (broad SMARTS) is 1. The third-order valence-electron chi connectivity index (χ3n) is 11.0. The van der Waals surface area contributed by atoms with Gasteiger partial charge in [0.2, 0.25) is 5.56 Å². The number of aromatic carboxylic acids is 1. The Balaban J connectivity index is 0.965. The minimum atomic E-state index is -1.01. The number of phenolic OH excluding ortho intramolecular Hbond substituents is 1. The molecule has 0 saturated carbocycles. The van der Waals surface area contributed by atoms with Crippen molar-refractivity contribution in [2.24, 2.45) is 5.92 Å². The Morgan fingerprint density at radius 2 is 1.70 bits per heavy atom. The van der Waals surface area contributed by atoms with E-state index < -0.39 is 24.2 Å². The van der Waals surface area contributed by atoms with Gasteiger partial charge in [-0.1, -0.05) is 60.7 Å². The number of fused-ring (bicyclic) bond motifs is 4. The highest BCUT2D eigenvalue weighted by atomic mass is 16.6. The Kier molecular flexibility index (Phi) is 12.3. The van der Waals surface area contributed by atoms with Crippen molar-refractivity contribution in [3.63, 3.8) is 0 Å². The molecule has 6 N–H and O–H groups in total. The molecular weight excluding hydrogens is 713 g/mol. The van der Waals surface area contributed by atoms with Crippen LogP contribution in [0.25, 0.3) is 10.9 Å². The van der Waals surface area contributed by atoms with Crippen molar-refractivity contribution in [3.8, 4) is 11.5 Å². The summed E-state index contributed by atoms with van der Waals surface area (Å²) >= 11 is 0. The second-order valence-corrected chi connectivity index (χ2v) is 14.6. The third kappa shape index (κ3) is 9.22. The van der Waals surface area contributed by atoms with Crippen molar-refractivity contribution in [1.82, 2.24) is 20.5 Å². The van der Waals surface area contributed by atoms with E-state index in [2.05, 4.69) is 20.5 Å². The number of unbranched alkanes of at least 4 members (excludes halogenated alkanes) is 1. The van der Waals surface area contributed by atoms with E-state index in [1.54, 1.807) is 24.3 Å². The highest BCUT2D eigenvalue weighted by molar-refractivity contribution is 5.90. The average molecular weight is 761 g/mol. The summed E-state index contributed by atoms with van der Waals surface area (Å²) in [6.07, 6.45) is 2.59. The van der Waals surface area contributed by atoms with Crippen LogP contribution in [0.4, 0.5) is 4.79 Å². The zero-order valence-electron chi connectivity index (χ0n) is 31.2. The number of aromatic amines is 1. The fourth-order valence-corrected chi connectivity index (χ4v) is 8.00. The van der Waals surface area contributed by atoms with E-state index in [4.69, 9.17) is 9.47 Å². The Hall–Kier alpha value is -5.69. The van der Waals surface area contributed by atoms with Gasteiger partial charge in [0.15, 0.2) is 0 Å². The molecule has 5 aromatic rings. The standard InChI is InChI=1S/C44H48N4O8/c49-37-17-15-34(35-16-18-40(51)46-42(35)37)38(50)25-45-21-5-4-13-33-31(11-7-14-36(33)43(52)53)27-55-32-12-6-10-30(24-32)41(29-8-2-1-3-9-29)47-44(54)56-39-26-48-22-19-28(39)20-23-48/h1-3,6-12,14-18,24,28,38-39,41,45,49-50H,4-5,13,19-23,25-27H2,(H,46,51)(H,47,54)(H,52,53)/t38-,39-,41?/m0/s1. The number of amides is 1. The molecule has 0 aliphatic carbocycles. The van der Waals surface area contributed by atoms with Crippen LogP contribution in [-0.2, 0) is 17.8 Å². The molecule has 1 amide bonds. The van der Waals surface area contributed by atoms with Crippen LogP contribution in [0.3, 0.4) is 0 Å². The van der Waals surface area contributed by atoms with E-state index in [9.17, 15) is 29.7 Å². The number of pyridine rings is 1. The molecule has 4 aromatic carbocycles. The average Bonchev–Trinajstić information content (AvgIpc) is 3.21. The van der Waals surface area contributed by atoms with E-state index in [0.29, 0.717) is 47.6 Å². The molecule has 0 radical (unpaired) electrons. The van der Waals surface area contributed by atoms with Gasteiger partial charge in [-0.2, -0.15) is 0 Å². The number of aromatic nitrogens is 1. The fraction of sp³-hybridized carbons (Fsp3) is 0.341. The lowest BCUT2D eigenvalue weighted by molar-refractivity contribution is -0.0336. The number of H-pyrrole nitrogens is 1. The maximum absolute atomic E-state index is 13.3. The number of carbonyl (C=O) groups excluding carboxylic acids is 1. The number of carbonyl (C=O) groups is 2. The number of carboxylic acids is 1. The SMILES string of the molecule is O=C(NC(c1ccccc1)c1cccc(OCc2cccc(C(=O)O)c2CCCCNC[C@H](O)c2ccc(O)c3[nH]c(=O)ccc23)c1)O[C@H]1CN2CCC1CC2. The van der Waals surface area contributed by atoms with E-state index in [-0.39, 0.29) is 41.6 Å². The number of nitrogens with one attached hydrogen (secondary N) is 3. The van der Waals surface area contributed by atoms with E-state index in [1.165, 1.54) is 12.1 Å². The van der Waals surface area contributed by atoms with Crippen molar-refractivity contribution in [2.45, 2.75) is 57.0 Å². The van der Waals surface area contributed by atoms with Crippen LogP contribution < -0.4 is 20.9 Å². The van der Waals surface area contributed by atoms with Crippen molar-refractivity contribution < 1.29 is 34.4 Å². The number of aliphatic hydroxyl groups is 1. The van der Waals surface area contributed by atoms with Gasteiger partial charge in [0.05, 0.1) is 23.2 Å². The molecule has 3 fully saturated rings. The van der Waals surface area contributed by atoms with Crippen LogP contribution in [0.2, 0.25) is 0 Å². The van der Waals surface area contributed by atoms with Gasteiger partial charge >= 0.3 is 12.1 Å². The monoisotopic (exact) mass is 760 g/mol.